The molecule has 0 aromatic carbocycles. The van der Waals surface area contributed by atoms with E-state index >= 15 is 0 Å². The smallest absolute Gasteiger partial charge is 0.289 e. The first-order chi connectivity index (χ1) is 9.15. The Bertz CT molecular complexity index is 422. The quantitative estimate of drug-likeness (QED) is 0.891. The molecule has 2 N–H and O–H groups in total. The molecule has 1 saturated heterocycles. The molecule has 1 aromatic heterocycles. The molecule has 1 fully saturated rings. The molecule has 1 aliphatic heterocycles. The Labute approximate surface area is 114 Å². The molecule has 1 aliphatic rings. The van der Waals surface area contributed by atoms with Crippen LogP contribution in [-0.4, -0.2) is 47.9 Å². The van der Waals surface area contributed by atoms with E-state index in [1.165, 1.54) is 0 Å². The molecule has 1 atom stereocenters. The summed E-state index contributed by atoms with van der Waals surface area (Å²) < 4.78 is 5.41. The minimum absolute atomic E-state index is 0.0245. The van der Waals surface area contributed by atoms with Crippen molar-refractivity contribution in [3.8, 4) is 0 Å². The molecular formula is C14H23N3O2. The van der Waals surface area contributed by atoms with Crippen molar-refractivity contribution in [3.63, 3.8) is 0 Å². The van der Waals surface area contributed by atoms with E-state index < -0.39 is 0 Å². The van der Waals surface area contributed by atoms with Gasteiger partial charge in [-0.2, -0.15) is 0 Å². The van der Waals surface area contributed by atoms with Crippen LogP contribution in [0.1, 0.15) is 36.6 Å². The van der Waals surface area contributed by atoms with Crippen LogP contribution in [-0.2, 0) is 6.54 Å². The largest absolute Gasteiger partial charge is 0.455 e. The number of furan rings is 1. The highest BCUT2D eigenvalue weighted by atomic mass is 16.4. The van der Waals surface area contributed by atoms with Crippen molar-refractivity contribution in [1.82, 2.24) is 9.80 Å². The summed E-state index contributed by atoms with van der Waals surface area (Å²) in [5, 5.41) is 0. The lowest BCUT2D eigenvalue weighted by Crippen LogP contribution is -2.51. The fraction of sp³-hybridized carbons (Fsp3) is 0.643. The lowest BCUT2D eigenvalue weighted by molar-refractivity contribution is 0.0549. The molecule has 0 spiro atoms. The molecule has 0 radical (unpaired) electrons. The Morgan fingerprint density at radius 3 is 2.58 bits per heavy atom. The standard InChI is InChI=1S/C14H23N3O2/c1-3-11(2)16-6-8-17(9-7-16)14(18)13-5-4-12(10-15)19-13/h4-5,11H,3,6-10,15H2,1-2H3. The molecule has 1 aromatic rings. The molecule has 1 amide bonds. The van der Waals surface area contributed by atoms with Crippen LogP contribution in [0, 0.1) is 0 Å². The monoisotopic (exact) mass is 265 g/mol. The number of nitrogens with zero attached hydrogens (tertiary/aromatic N) is 2. The zero-order chi connectivity index (χ0) is 13.8. The van der Waals surface area contributed by atoms with Crippen molar-refractivity contribution < 1.29 is 9.21 Å². The third-order valence-corrected chi connectivity index (χ3v) is 3.89. The number of hydrogen-bond donors (Lipinski definition) is 1. The molecule has 2 rings (SSSR count). The summed E-state index contributed by atoms with van der Waals surface area (Å²) in [4.78, 5) is 16.5. The van der Waals surface area contributed by atoms with E-state index in [-0.39, 0.29) is 5.91 Å². The van der Waals surface area contributed by atoms with Gasteiger partial charge in [0.15, 0.2) is 5.76 Å². The average Bonchev–Trinajstić information content (AvgIpc) is 2.94. The van der Waals surface area contributed by atoms with E-state index in [9.17, 15) is 4.79 Å². The number of hydrogen-bond acceptors (Lipinski definition) is 4. The fourth-order valence-corrected chi connectivity index (χ4v) is 2.38. The summed E-state index contributed by atoms with van der Waals surface area (Å²) >= 11 is 0. The van der Waals surface area contributed by atoms with E-state index in [0.717, 1.165) is 32.6 Å². The van der Waals surface area contributed by atoms with Gasteiger partial charge in [-0.25, -0.2) is 0 Å². The lowest BCUT2D eigenvalue weighted by atomic mass is 10.2. The normalized spacial score (nSPS) is 18.6. The minimum Gasteiger partial charge on any atom is -0.455 e. The highest BCUT2D eigenvalue weighted by Crippen LogP contribution is 2.14. The SMILES string of the molecule is CCC(C)N1CCN(C(=O)c2ccc(CN)o2)CC1. The summed E-state index contributed by atoms with van der Waals surface area (Å²) in [6, 6.07) is 4.07. The van der Waals surface area contributed by atoms with Crippen LogP contribution >= 0.6 is 0 Å². The van der Waals surface area contributed by atoms with Gasteiger partial charge in [0, 0.05) is 32.2 Å². The number of carbonyl (C=O) groups excluding carboxylic acids is 1. The molecule has 0 aliphatic carbocycles. The highest BCUT2D eigenvalue weighted by molar-refractivity contribution is 5.91. The van der Waals surface area contributed by atoms with Gasteiger partial charge in [0.1, 0.15) is 5.76 Å². The predicted molar refractivity (Wildman–Crippen MR) is 73.8 cm³/mol. The van der Waals surface area contributed by atoms with Crippen molar-refractivity contribution in [2.75, 3.05) is 26.2 Å². The molecule has 0 bridgehead atoms. The topological polar surface area (TPSA) is 62.7 Å². The second-order valence-corrected chi connectivity index (χ2v) is 5.06. The Balaban J connectivity index is 1.92. The van der Waals surface area contributed by atoms with E-state index in [2.05, 4.69) is 18.7 Å². The summed E-state index contributed by atoms with van der Waals surface area (Å²) in [5.41, 5.74) is 5.48. The van der Waals surface area contributed by atoms with Gasteiger partial charge in [0.25, 0.3) is 5.91 Å². The first-order valence-electron chi connectivity index (χ1n) is 6.97. The third-order valence-electron chi connectivity index (χ3n) is 3.89. The summed E-state index contributed by atoms with van der Waals surface area (Å²) in [5.74, 6) is 1.03. The van der Waals surface area contributed by atoms with E-state index in [0.29, 0.717) is 24.1 Å². The number of rotatable bonds is 4. The highest BCUT2D eigenvalue weighted by Gasteiger charge is 2.25. The number of carbonyl (C=O) groups is 1. The van der Waals surface area contributed by atoms with Crippen molar-refractivity contribution >= 4 is 5.91 Å². The first kappa shape index (κ1) is 14.1. The van der Waals surface area contributed by atoms with E-state index in [1.807, 2.05) is 4.90 Å². The van der Waals surface area contributed by atoms with Gasteiger partial charge in [-0.05, 0) is 25.5 Å². The maximum atomic E-state index is 12.2. The summed E-state index contributed by atoms with van der Waals surface area (Å²) in [6.45, 7) is 8.16. The van der Waals surface area contributed by atoms with Crippen LogP contribution in [0.15, 0.2) is 16.5 Å². The van der Waals surface area contributed by atoms with Crippen LogP contribution in [0.2, 0.25) is 0 Å². The van der Waals surface area contributed by atoms with Crippen LogP contribution in [0.3, 0.4) is 0 Å². The van der Waals surface area contributed by atoms with Crippen LogP contribution in [0.25, 0.3) is 0 Å². The van der Waals surface area contributed by atoms with Crippen molar-refractivity contribution in [2.24, 2.45) is 5.73 Å². The zero-order valence-electron chi connectivity index (χ0n) is 11.8. The Morgan fingerprint density at radius 1 is 1.37 bits per heavy atom. The predicted octanol–water partition coefficient (Wildman–Crippen LogP) is 1.29. The molecule has 1 unspecified atom stereocenters. The van der Waals surface area contributed by atoms with Gasteiger partial charge < -0.3 is 15.1 Å². The van der Waals surface area contributed by atoms with Crippen LogP contribution < -0.4 is 5.73 Å². The summed E-state index contributed by atoms with van der Waals surface area (Å²) in [7, 11) is 0. The molecule has 0 saturated carbocycles. The molecule has 2 heterocycles. The number of nitrogens with two attached hydrogens (primary N) is 1. The molecular weight excluding hydrogens is 242 g/mol. The van der Waals surface area contributed by atoms with Gasteiger partial charge in [0.2, 0.25) is 0 Å². The van der Waals surface area contributed by atoms with Gasteiger partial charge in [-0.15, -0.1) is 0 Å². The minimum atomic E-state index is -0.0245. The van der Waals surface area contributed by atoms with Gasteiger partial charge >= 0.3 is 0 Å². The van der Waals surface area contributed by atoms with Crippen molar-refractivity contribution in [3.05, 3.63) is 23.7 Å². The van der Waals surface area contributed by atoms with Gasteiger partial charge in [0.05, 0.1) is 6.54 Å². The van der Waals surface area contributed by atoms with E-state index in [4.69, 9.17) is 10.2 Å². The van der Waals surface area contributed by atoms with Gasteiger partial charge in [-0.1, -0.05) is 6.92 Å². The summed E-state index contributed by atoms with van der Waals surface area (Å²) in [6.07, 6.45) is 1.14. The first-order valence-corrected chi connectivity index (χ1v) is 6.97. The van der Waals surface area contributed by atoms with Gasteiger partial charge in [-0.3, -0.25) is 9.69 Å². The fourth-order valence-electron chi connectivity index (χ4n) is 2.38. The number of piperazine rings is 1. The Kier molecular flexibility index (Phi) is 4.61. The Morgan fingerprint density at radius 2 is 2.05 bits per heavy atom. The van der Waals surface area contributed by atoms with Crippen molar-refractivity contribution in [1.29, 1.82) is 0 Å². The number of amides is 1. The van der Waals surface area contributed by atoms with Crippen molar-refractivity contribution in [2.45, 2.75) is 32.9 Å². The zero-order valence-corrected chi connectivity index (χ0v) is 11.8. The molecule has 106 valence electrons. The van der Waals surface area contributed by atoms with Crippen LogP contribution in [0.4, 0.5) is 0 Å². The molecule has 5 heteroatoms. The van der Waals surface area contributed by atoms with Crippen LogP contribution in [0.5, 0.6) is 0 Å². The third kappa shape index (κ3) is 3.16. The van der Waals surface area contributed by atoms with E-state index in [1.54, 1.807) is 12.1 Å². The maximum absolute atomic E-state index is 12.2. The lowest BCUT2D eigenvalue weighted by Gasteiger charge is -2.37. The molecule has 5 nitrogen and oxygen atoms in total. The Hall–Kier alpha value is -1.33. The second kappa shape index (κ2) is 6.21. The second-order valence-electron chi connectivity index (χ2n) is 5.06. The average molecular weight is 265 g/mol. The maximum Gasteiger partial charge on any atom is 0.289 e. The molecule has 19 heavy (non-hydrogen) atoms.